The van der Waals surface area contributed by atoms with E-state index in [1.807, 2.05) is 6.07 Å². The zero-order valence-electron chi connectivity index (χ0n) is 11.8. The first-order chi connectivity index (χ1) is 10.7. The lowest BCUT2D eigenvalue weighted by Gasteiger charge is -2.14. The Hall–Kier alpha value is -2.32. The summed E-state index contributed by atoms with van der Waals surface area (Å²) in [6.45, 7) is 0.0923. The van der Waals surface area contributed by atoms with Crippen LogP contribution < -0.4 is 9.47 Å². The second-order valence-corrected chi connectivity index (χ2v) is 5.23. The Bertz CT molecular complexity index is 738. The van der Waals surface area contributed by atoms with Crippen molar-refractivity contribution >= 4 is 22.0 Å². The van der Waals surface area contributed by atoms with Crippen molar-refractivity contribution in [1.29, 1.82) is 5.26 Å². The molecule has 2 aromatic rings. The first kappa shape index (κ1) is 16.1. The molecule has 5 heteroatoms. The molecule has 0 aromatic heterocycles. The first-order valence-electron chi connectivity index (χ1n) is 6.45. The van der Waals surface area contributed by atoms with Gasteiger partial charge in [0.25, 0.3) is 0 Å². The summed E-state index contributed by atoms with van der Waals surface area (Å²) in [4.78, 5) is 0. The molecule has 0 aliphatic rings. The van der Waals surface area contributed by atoms with Crippen molar-refractivity contribution < 1.29 is 13.9 Å². The molecule has 0 amide bonds. The summed E-state index contributed by atoms with van der Waals surface area (Å²) in [5.74, 6) is 0.675. The average Bonchev–Trinajstić information content (AvgIpc) is 2.52. The molecule has 0 unspecified atom stereocenters. The van der Waals surface area contributed by atoms with E-state index in [4.69, 9.17) is 14.7 Å². The van der Waals surface area contributed by atoms with Gasteiger partial charge in [0.05, 0.1) is 17.7 Å². The lowest BCUT2D eigenvalue weighted by Crippen LogP contribution is -2.01. The number of halogens is 2. The van der Waals surface area contributed by atoms with E-state index in [1.54, 1.807) is 36.4 Å². The van der Waals surface area contributed by atoms with Crippen LogP contribution in [0.15, 0.2) is 46.9 Å². The second-order valence-electron chi connectivity index (χ2n) is 4.38. The van der Waals surface area contributed by atoms with Crippen molar-refractivity contribution in [3.05, 3.63) is 63.9 Å². The fourth-order valence-electron chi connectivity index (χ4n) is 1.87. The Labute approximate surface area is 136 Å². The van der Waals surface area contributed by atoms with Crippen LogP contribution in [0.25, 0.3) is 6.08 Å². The molecule has 0 N–H and O–H groups in total. The van der Waals surface area contributed by atoms with Gasteiger partial charge in [-0.2, -0.15) is 5.26 Å². The molecule has 0 aliphatic carbocycles. The maximum atomic E-state index is 13.6. The van der Waals surface area contributed by atoms with E-state index >= 15 is 0 Å². The molecule has 0 atom stereocenters. The molecule has 0 bridgehead atoms. The van der Waals surface area contributed by atoms with Gasteiger partial charge < -0.3 is 9.47 Å². The third kappa shape index (κ3) is 3.86. The summed E-state index contributed by atoms with van der Waals surface area (Å²) in [6, 6.07) is 11.9. The molecular formula is C17H13BrFNO2. The Morgan fingerprint density at radius 3 is 2.77 bits per heavy atom. The number of benzene rings is 2. The molecule has 0 saturated heterocycles. The predicted molar refractivity (Wildman–Crippen MR) is 86.1 cm³/mol. The van der Waals surface area contributed by atoms with Crippen molar-refractivity contribution in [3.63, 3.8) is 0 Å². The van der Waals surface area contributed by atoms with E-state index in [0.717, 1.165) is 5.56 Å². The molecule has 0 radical (unpaired) electrons. The summed E-state index contributed by atoms with van der Waals surface area (Å²) < 4.78 is 25.3. The van der Waals surface area contributed by atoms with E-state index in [2.05, 4.69) is 15.9 Å². The van der Waals surface area contributed by atoms with E-state index in [0.29, 0.717) is 21.5 Å². The summed E-state index contributed by atoms with van der Waals surface area (Å²) in [5.41, 5.74) is 1.26. The summed E-state index contributed by atoms with van der Waals surface area (Å²) in [5, 5.41) is 8.57. The van der Waals surface area contributed by atoms with Gasteiger partial charge in [-0.05, 0) is 45.8 Å². The van der Waals surface area contributed by atoms with Crippen LogP contribution in [0.3, 0.4) is 0 Å². The molecular weight excluding hydrogens is 349 g/mol. The van der Waals surface area contributed by atoms with E-state index < -0.39 is 0 Å². The zero-order valence-corrected chi connectivity index (χ0v) is 13.4. The minimum absolute atomic E-state index is 0.0923. The van der Waals surface area contributed by atoms with Gasteiger partial charge in [-0.15, -0.1) is 0 Å². The van der Waals surface area contributed by atoms with E-state index in [-0.39, 0.29) is 12.4 Å². The van der Waals surface area contributed by atoms with Gasteiger partial charge in [0.15, 0.2) is 11.5 Å². The van der Waals surface area contributed by atoms with Crippen LogP contribution in [0.1, 0.15) is 11.1 Å². The largest absolute Gasteiger partial charge is 0.493 e. The molecule has 112 valence electrons. The summed E-state index contributed by atoms with van der Waals surface area (Å²) >= 11 is 3.41. The Balaban J connectivity index is 2.25. The van der Waals surface area contributed by atoms with Gasteiger partial charge in [0.2, 0.25) is 0 Å². The third-order valence-electron chi connectivity index (χ3n) is 2.93. The van der Waals surface area contributed by atoms with Gasteiger partial charge in [-0.3, -0.25) is 0 Å². The topological polar surface area (TPSA) is 42.2 Å². The van der Waals surface area contributed by atoms with E-state index in [9.17, 15) is 4.39 Å². The van der Waals surface area contributed by atoms with Crippen LogP contribution in [0.5, 0.6) is 11.5 Å². The summed E-state index contributed by atoms with van der Waals surface area (Å²) in [7, 11) is 1.52. The highest BCUT2D eigenvalue weighted by Crippen LogP contribution is 2.37. The molecule has 2 aromatic carbocycles. The van der Waals surface area contributed by atoms with Gasteiger partial charge in [0.1, 0.15) is 12.4 Å². The number of nitriles is 1. The number of methoxy groups -OCH3 is 1. The van der Waals surface area contributed by atoms with Crippen LogP contribution >= 0.6 is 15.9 Å². The summed E-state index contributed by atoms with van der Waals surface area (Å²) in [6.07, 6.45) is 3.04. The standard InChI is InChI=1S/C17H13BrFNO2/c1-21-16-10-12(5-4-8-20)9-14(18)17(16)22-11-13-6-2-3-7-15(13)19/h2-7,9-10H,11H2,1H3/b5-4+. The van der Waals surface area contributed by atoms with Gasteiger partial charge in [-0.25, -0.2) is 4.39 Å². The highest BCUT2D eigenvalue weighted by Gasteiger charge is 2.12. The van der Waals surface area contributed by atoms with Crippen LogP contribution in [-0.2, 0) is 6.61 Å². The number of rotatable bonds is 5. The number of hydrogen-bond acceptors (Lipinski definition) is 3. The molecule has 0 spiro atoms. The highest BCUT2D eigenvalue weighted by molar-refractivity contribution is 9.10. The normalized spacial score (nSPS) is 10.5. The van der Waals surface area contributed by atoms with Crippen molar-refractivity contribution in [2.45, 2.75) is 6.61 Å². The minimum atomic E-state index is -0.314. The van der Waals surface area contributed by atoms with Crippen LogP contribution in [0.4, 0.5) is 4.39 Å². The maximum Gasteiger partial charge on any atom is 0.175 e. The van der Waals surface area contributed by atoms with Crippen molar-refractivity contribution in [2.75, 3.05) is 7.11 Å². The monoisotopic (exact) mass is 361 g/mol. The lowest BCUT2D eigenvalue weighted by molar-refractivity contribution is 0.278. The van der Waals surface area contributed by atoms with Crippen LogP contribution in [-0.4, -0.2) is 7.11 Å². The van der Waals surface area contributed by atoms with Crippen molar-refractivity contribution in [3.8, 4) is 17.6 Å². The van der Waals surface area contributed by atoms with Crippen molar-refractivity contribution in [2.24, 2.45) is 0 Å². The fourth-order valence-corrected chi connectivity index (χ4v) is 2.45. The average molecular weight is 362 g/mol. The maximum absolute atomic E-state index is 13.6. The quantitative estimate of drug-likeness (QED) is 0.724. The first-order valence-corrected chi connectivity index (χ1v) is 7.25. The van der Waals surface area contributed by atoms with Crippen molar-refractivity contribution in [1.82, 2.24) is 0 Å². The Morgan fingerprint density at radius 2 is 2.09 bits per heavy atom. The Kier molecular flexibility index (Phi) is 5.56. The predicted octanol–water partition coefficient (Wildman–Crippen LogP) is 4.71. The van der Waals surface area contributed by atoms with Crippen LogP contribution in [0, 0.1) is 17.1 Å². The lowest BCUT2D eigenvalue weighted by atomic mass is 10.2. The van der Waals surface area contributed by atoms with Gasteiger partial charge in [0, 0.05) is 11.6 Å². The number of ether oxygens (including phenoxy) is 2. The van der Waals surface area contributed by atoms with Gasteiger partial charge >= 0.3 is 0 Å². The molecule has 0 saturated carbocycles. The van der Waals surface area contributed by atoms with Crippen LogP contribution in [0.2, 0.25) is 0 Å². The molecule has 0 fully saturated rings. The van der Waals surface area contributed by atoms with Gasteiger partial charge in [-0.1, -0.05) is 18.2 Å². The SMILES string of the molecule is COc1cc(/C=C/C#N)cc(Br)c1OCc1ccccc1F. The van der Waals surface area contributed by atoms with E-state index in [1.165, 1.54) is 19.3 Å². The number of hydrogen-bond donors (Lipinski definition) is 0. The molecule has 0 heterocycles. The second kappa shape index (κ2) is 7.62. The molecule has 0 aliphatic heterocycles. The minimum Gasteiger partial charge on any atom is -0.493 e. The Morgan fingerprint density at radius 1 is 1.32 bits per heavy atom. The number of allylic oxidation sites excluding steroid dienone is 1. The number of nitrogens with zero attached hydrogens (tertiary/aromatic N) is 1. The molecule has 22 heavy (non-hydrogen) atoms. The smallest absolute Gasteiger partial charge is 0.175 e. The molecule has 3 nitrogen and oxygen atoms in total. The fraction of sp³-hybridized carbons (Fsp3) is 0.118. The highest BCUT2D eigenvalue weighted by atomic mass is 79.9. The zero-order chi connectivity index (χ0) is 15.9. The third-order valence-corrected chi connectivity index (χ3v) is 3.52. The molecule has 2 rings (SSSR count).